The quantitative estimate of drug-likeness (QED) is 0.599. The van der Waals surface area contributed by atoms with Crippen LogP contribution in [-0.4, -0.2) is 49.5 Å². The molecular formula is C21H31ClN4O. The molecule has 3 rings (SSSR count). The summed E-state index contributed by atoms with van der Waals surface area (Å²) >= 11 is 6.25. The lowest BCUT2D eigenvalue weighted by Crippen LogP contribution is -2.48. The average Bonchev–Trinajstić information content (AvgIpc) is 3.35. The standard InChI is InChI=1S/C21H31ClN4O/c1-3-19(27)26-12-9-18(14-26)25-20(23-2)24-15-21(10-4-5-11-21)16-7-6-8-17(22)13-16/h6-8,13,18H,3-5,9-12,14-15H2,1-2H3,(H2,23,24,25). The minimum absolute atomic E-state index is 0.113. The zero-order valence-electron chi connectivity index (χ0n) is 16.4. The van der Waals surface area contributed by atoms with Gasteiger partial charge in [-0.2, -0.15) is 0 Å². The molecular weight excluding hydrogens is 360 g/mol. The predicted molar refractivity (Wildman–Crippen MR) is 111 cm³/mol. The van der Waals surface area contributed by atoms with E-state index in [1.807, 2.05) is 24.0 Å². The van der Waals surface area contributed by atoms with E-state index in [0.29, 0.717) is 6.42 Å². The first-order valence-corrected chi connectivity index (χ1v) is 10.4. The maximum absolute atomic E-state index is 11.9. The van der Waals surface area contributed by atoms with Gasteiger partial charge < -0.3 is 15.5 Å². The molecule has 0 aromatic heterocycles. The Morgan fingerprint density at radius 3 is 2.81 bits per heavy atom. The molecule has 1 saturated carbocycles. The number of carbonyl (C=O) groups is 1. The molecule has 1 aromatic carbocycles. The highest BCUT2D eigenvalue weighted by Crippen LogP contribution is 2.41. The largest absolute Gasteiger partial charge is 0.356 e. The van der Waals surface area contributed by atoms with Crippen LogP contribution in [0, 0.1) is 0 Å². The van der Waals surface area contributed by atoms with Crippen molar-refractivity contribution in [2.75, 3.05) is 26.7 Å². The zero-order chi connectivity index (χ0) is 19.3. The van der Waals surface area contributed by atoms with Crippen molar-refractivity contribution < 1.29 is 4.79 Å². The molecule has 1 unspecified atom stereocenters. The summed E-state index contributed by atoms with van der Waals surface area (Å²) in [4.78, 5) is 18.2. The molecule has 148 valence electrons. The van der Waals surface area contributed by atoms with Crippen molar-refractivity contribution in [2.24, 2.45) is 4.99 Å². The maximum Gasteiger partial charge on any atom is 0.222 e. The minimum atomic E-state index is 0.113. The number of hydrogen-bond donors (Lipinski definition) is 2. The molecule has 1 aliphatic carbocycles. The third-order valence-corrected chi connectivity index (χ3v) is 6.23. The second kappa shape index (κ2) is 8.96. The summed E-state index contributed by atoms with van der Waals surface area (Å²) in [5, 5.41) is 7.84. The van der Waals surface area contributed by atoms with Gasteiger partial charge in [0.1, 0.15) is 0 Å². The van der Waals surface area contributed by atoms with Crippen molar-refractivity contribution >= 4 is 23.5 Å². The summed E-state index contributed by atoms with van der Waals surface area (Å²) in [6, 6.07) is 8.54. The smallest absolute Gasteiger partial charge is 0.222 e. The highest BCUT2D eigenvalue weighted by molar-refractivity contribution is 6.30. The predicted octanol–water partition coefficient (Wildman–Crippen LogP) is 3.33. The first-order chi connectivity index (χ1) is 13.1. The van der Waals surface area contributed by atoms with Crippen LogP contribution in [0.1, 0.15) is 51.0 Å². The Morgan fingerprint density at radius 1 is 1.37 bits per heavy atom. The average molecular weight is 391 g/mol. The molecule has 1 heterocycles. The first kappa shape index (κ1) is 20.0. The topological polar surface area (TPSA) is 56.7 Å². The molecule has 1 amide bonds. The van der Waals surface area contributed by atoms with Gasteiger partial charge in [-0.1, -0.05) is 43.5 Å². The van der Waals surface area contributed by atoms with Crippen LogP contribution in [0.4, 0.5) is 0 Å². The second-order valence-corrected chi connectivity index (χ2v) is 8.18. The first-order valence-electron chi connectivity index (χ1n) is 10.1. The van der Waals surface area contributed by atoms with Crippen molar-refractivity contribution in [3.63, 3.8) is 0 Å². The minimum Gasteiger partial charge on any atom is -0.356 e. The fourth-order valence-corrected chi connectivity index (χ4v) is 4.60. The molecule has 1 atom stereocenters. The van der Waals surface area contributed by atoms with Crippen LogP contribution in [0.15, 0.2) is 29.3 Å². The van der Waals surface area contributed by atoms with Crippen molar-refractivity contribution in [3.05, 3.63) is 34.9 Å². The van der Waals surface area contributed by atoms with Crippen LogP contribution < -0.4 is 10.6 Å². The third-order valence-electron chi connectivity index (χ3n) is 6.00. The molecule has 2 aliphatic rings. The van der Waals surface area contributed by atoms with Gasteiger partial charge in [0.25, 0.3) is 0 Å². The molecule has 1 aromatic rings. The van der Waals surface area contributed by atoms with E-state index in [2.05, 4.69) is 27.8 Å². The third kappa shape index (κ3) is 4.75. The van der Waals surface area contributed by atoms with Gasteiger partial charge in [0, 0.05) is 49.6 Å². The number of amides is 1. The molecule has 5 nitrogen and oxygen atoms in total. The fraction of sp³-hybridized carbons (Fsp3) is 0.619. The Morgan fingerprint density at radius 2 is 2.15 bits per heavy atom. The van der Waals surface area contributed by atoms with Crippen LogP contribution >= 0.6 is 11.6 Å². The van der Waals surface area contributed by atoms with E-state index in [0.717, 1.165) is 37.0 Å². The van der Waals surface area contributed by atoms with Crippen LogP contribution in [0.2, 0.25) is 5.02 Å². The molecule has 6 heteroatoms. The van der Waals surface area contributed by atoms with Gasteiger partial charge in [0.15, 0.2) is 5.96 Å². The van der Waals surface area contributed by atoms with E-state index < -0.39 is 0 Å². The summed E-state index contributed by atoms with van der Waals surface area (Å²) in [6.45, 7) is 4.35. The zero-order valence-corrected chi connectivity index (χ0v) is 17.2. The Balaban J connectivity index is 1.60. The van der Waals surface area contributed by atoms with E-state index in [9.17, 15) is 4.79 Å². The SMILES string of the molecule is CCC(=O)N1CCC(NC(=NC)NCC2(c3cccc(Cl)c3)CCCC2)C1. The Labute approximate surface area is 167 Å². The van der Waals surface area contributed by atoms with Crippen molar-refractivity contribution in [1.82, 2.24) is 15.5 Å². The van der Waals surface area contributed by atoms with Gasteiger partial charge in [-0.3, -0.25) is 9.79 Å². The lowest BCUT2D eigenvalue weighted by molar-refractivity contribution is -0.129. The van der Waals surface area contributed by atoms with Crippen LogP contribution in [-0.2, 0) is 10.2 Å². The van der Waals surface area contributed by atoms with Gasteiger partial charge in [-0.15, -0.1) is 0 Å². The van der Waals surface area contributed by atoms with Crippen molar-refractivity contribution in [1.29, 1.82) is 0 Å². The molecule has 0 spiro atoms. The lowest BCUT2D eigenvalue weighted by atomic mass is 9.79. The number of guanidine groups is 1. The molecule has 0 radical (unpaired) electrons. The van der Waals surface area contributed by atoms with E-state index in [4.69, 9.17) is 11.6 Å². The molecule has 2 fully saturated rings. The molecule has 1 saturated heterocycles. The Bertz CT molecular complexity index is 685. The van der Waals surface area contributed by atoms with E-state index in [-0.39, 0.29) is 17.4 Å². The lowest BCUT2D eigenvalue weighted by Gasteiger charge is -2.31. The number of halogens is 1. The summed E-state index contributed by atoms with van der Waals surface area (Å²) in [6.07, 6.45) is 6.36. The number of aliphatic imine (C=N–C) groups is 1. The van der Waals surface area contributed by atoms with E-state index in [1.165, 1.54) is 31.2 Å². The second-order valence-electron chi connectivity index (χ2n) is 7.75. The van der Waals surface area contributed by atoms with Gasteiger partial charge >= 0.3 is 0 Å². The number of carbonyl (C=O) groups excluding carboxylic acids is 1. The summed E-state index contributed by atoms with van der Waals surface area (Å²) in [7, 11) is 1.81. The number of hydrogen-bond acceptors (Lipinski definition) is 2. The number of nitrogens with one attached hydrogen (secondary N) is 2. The molecule has 2 N–H and O–H groups in total. The van der Waals surface area contributed by atoms with E-state index in [1.54, 1.807) is 7.05 Å². The number of rotatable bonds is 5. The monoisotopic (exact) mass is 390 g/mol. The number of benzene rings is 1. The molecule has 0 bridgehead atoms. The van der Waals surface area contributed by atoms with Crippen molar-refractivity contribution in [3.8, 4) is 0 Å². The maximum atomic E-state index is 11.9. The van der Waals surface area contributed by atoms with E-state index >= 15 is 0 Å². The van der Waals surface area contributed by atoms with Crippen LogP contribution in [0.3, 0.4) is 0 Å². The van der Waals surface area contributed by atoms with Crippen molar-refractivity contribution in [2.45, 2.75) is 56.9 Å². The summed E-state index contributed by atoms with van der Waals surface area (Å²) < 4.78 is 0. The fourth-order valence-electron chi connectivity index (χ4n) is 4.41. The van der Waals surface area contributed by atoms with Gasteiger partial charge in [0.05, 0.1) is 0 Å². The summed E-state index contributed by atoms with van der Waals surface area (Å²) in [5.74, 6) is 1.05. The number of likely N-dealkylation sites (tertiary alicyclic amines) is 1. The Hall–Kier alpha value is -1.75. The Kier molecular flexibility index (Phi) is 6.64. The molecule has 27 heavy (non-hydrogen) atoms. The highest BCUT2D eigenvalue weighted by atomic mass is 35.5. The summed E-state index contributed by atoms with van der Waals surface area (Å²) in [5.41, 5.74) is 1.43. The van der Waals surface area contributed by atoms with Gasteiger partial charge in [0.2, 0.25) is 5.91 Å². The molecule has 1 aliphatic heterocycles. The van der Waals surface area contributed by atoms with Crippen LogP contribution in [0.5, 0.6) is 0 Å². The van der Waals surface area contributed by atoms with Gasteiger partial charge in [-0.05, 0) is 37.0 Å². The highest BCUT2D eigenvalue weighted by Gasteiger charge is 2.36. The van der Waals surface area contributed by atoms with Gasteiger partial charge in [-0.25, -0.2) is 0 Å². The normalized spacial score (nSPS) is 22.1. The van der Waals surface area contributed by atoms with Crippen LogP contribution in [0.25, 0.3) is 0 Å². The number of nitrogens with zero attached hydrogens (tertiary/aromatic N) is 2.